The Hall–Kier alpha value is -1.06. The standard InChI is InChI=1S/C18H27NO2/c1-14-7-8-16(20-2)15(11-14)17-12-19-13-18(21-17)9-5-3-4-6-10-18/h7-8,11,17,19H,3-6,9-10,12-13H2,1-2H3. The van der Waals surface area contributed by atoms with Crippen molar-refractivity contribution in [3.8, 4) is 5.75 Å². The summed E-state index contributed by atoms with van der Waals surface area (Å²) < 4.78 is 12.2. The summed E-state index contributed by atoms with van der Waals surface area (Å²) in [5.74, 6) is 0.943. The molecule has 2 fully saturated rings. The lowest BCUT2D eigenvalue weighted by molar-refractivity contribution is -0.126. The van der Waals surface area contributed by atoms with Gasteiger partial charge in [-0.25, -0.2) is 0 Å². The maximum Gasteiger partial charge on any atom is 0.124 e. The summed E-state index contributed by atoms with van der Waals surface area (Å²) in [6.45, 7) is 4.00. The van der Waals surface area contributed by atoms with Crippen LogP contribution in [0.5, 0.6) is 5.75 Å². The zero-order valence-electron chi connectivity index (χ0n) is 13.3. The van der Waals surface area contributed by atoms with Crippen molar-refractivity contribution in [1.29, 1.82) is 0 Å². The molecular weight excluding hydrogens is 262 g/mol. The molecule has 1 aromatic rings. The average Bonchev–Trinajstić information content (AvgIpc) is 2.73. The fourth-order valence-corrected chi connectivity index (χ4v) is 3.76. The summed E-state index contributed by atoms with van der Waals surface area (Å²) in [6.07, 6.45) is 7.76. The van der Waals surface area contributed by atoms with Crippen LogP contribution in [0.3, 0.4) is 0 Å². The second-order valence-corrected chi connectivity index (χ2v) is 6.58. The Kier molecular flexibility index (Phi) is 4.51. The van der Waals surface area contributed by atoms with Gasteiger partial charge in [0.25, 0.3) is 0 Å². The molecule has 0 aromatic heterocycles. The van der Waals surface area contributed by atoms with Crippen molar-refractivity contribution in [2.75, 3.05) is 20.2 Å². The summed E-state index contributed by atoms with van der Waals surface area (Å²) >= 11 is 0. The second kappa shape index (κ2) is 6.37. The van der Waals surface area contributed by atoms with Gasteiger partial charge in [0.05, 0.1) is 18.8 Å². The smallest absolute Gasteiger partial charge is 0.124 e. The van der Waals surface area contributed by atoms with Gasteiger partial charge in [0.1, 0.15) is 5.75 Å². The number of nitrogens with one attached hydrogen (secondary N) is 1. The molecule has 1 aliphatic heterocycles. The van der Waals surface area contributed by atoms with Gasteiger partial charge in [-0.3, -0.25) is 0 Å². The minimum absolute atomic E-state index is 0.0359. The Morgan fingerprint density at radius 1 is 1.19 bits per heavy atom. The molecule has 0 bridgehead atoms. The maximum atomic E-state index is 6.64. The third kappa shape index (κ3) is 3.24. The highest BCUT2D eigenvalue weighted by atomic mass is 16.5. The van der Waals surface area contributed by atoms with E-state index in [-0.39, 0.29) is 11.7 Å². The van der Waals surface area contributed by atoms with Crippen LogP contribution in [0.15, 0.2) is 18.2 Å². The molecule has 0 radical (unpaired) electrons. The zero-order valence-corrected chi connectivity index (χ0v) is 13.3. The van der Waals surface area contributed by atoms with E-state index in [0.29, 0.717) is 0 Å². The van der Waals surface area contributed by atoms with Crippen molar-refractivity contribution in [2.24, 2.45) is 0 Å². The molecule has 21 heavy (non-hydrogen) atoms. The number of ether oxygens (including phenoxy) is 2. The third-order valence-corrected chi connectivity index (χ3v) is 4.92. The molecule has 0 amide bonds. The van der Waals surface area contributed by atoms with Crippen molar-refractivity contribution >= 4 is 0 Å². The Balaban J connectivity index is 1.84. The summed E-state index contributed by atoms with van der Waals surface area (Å²) in [5, 5.41) is 3.61. The molecule has 1 atom stereocenters. The average molecular weight is 289 g/mol. The van der Waals surface area contributed by atoms with Gasteiger partial charge in [-0.05, 0) is 31.9 Å². The van der Waals surface area contributed by atoms with Gasteiger partial charge in [0.15, 0.2) is 0 Å². The van der Waals surface area contributed by atoms with E-state index in [4.69, 9.17) is 9.47 Å². The molecular formula is C18H27NO2. The van der Waals surface area contributed by atoms with Crippen molar-refractivity contribution in [3.63, 3.8) is 0 Å². The highest BCUT2D eigenvalue weighted by Gasteiger charge is 2.38. The molecule has 1 N–H and O–H groups in total. The molecule has 3 heteroatoms. The molecule has 1 saturated heterocycles. The van der Waals surface area contributed by atoms with E-state index in [1.165, 1.54) is 49.7 Å². The minimum atomic E-state index is 0.0359. The van der Waals surface area contributed by atoms with Crippen molar-refractivity contribution < 1.29 is 9.47 Å². The van der Waals surface area contributed by atoms with Crippen LogP contribution in [-0.4, -0.2) is 25.8 Å². The first-order valence-electron chi connectivity index (χ1n) is 8.25. The summed E-state index contributed by atoms with van der Waals surface area (Å²) in [7, 11) is 1.74. The first kappa shape index (κ1) is 14.9. The summed E-state index contributed by atoms with van der Waals surface area (Å²) in [4.78, 5) is 0. The number of morpholine rings is 1. The number of methoxy groups -OCH3 is 1. The first-order valence-corrected chi connectivity index (χ1v) is 8.25. The van der Waals surface area contributed by atoms with Crippen LogP contribution in [0.2, 0.25) is 0 Å². The predicted molar refractivity (Wildman–Crippen MR) is 84.9 cm³/mol. The molecule has 3 rings (SSSR count). The van der Waals surface area contributed by atoms with E-state index >= 15 is 0 Å². The van der Waals surface area contributed by atoms with E-state index in [1.54, 1.807) is 7.11 Å². The van der Waals surface area contributed by atoms with Gasteiger partial charge in [0, 0.05) is 18.7 Å². The minimum Gasteiger partial charge on any atom is -0.496 e. The Labute approximate surface area is 128 Å². The van der Waals surface area contributed by atoms with Crippen LogP contribution in [0.1, 0.15) is 55.8 Å². The summed E-state index contributed by atoms with van der Waals surface area (Å²) in [6, 6.07) is 6.36. The zero-order chi connectivity index (χ0) is 14.7. The summed E-state index contributed by atoms with van der Waals surface area (Å²) in [5.41, 5.74) is 2.48. The number of hydrogen-bond acceptors (Lipinski definition) is 3. The maximum absolute atomic E-state index is 6.64. The van der Waals surface area contributed by atoms with Gasteiger partial charge in [-0.2, -0.15) is 0 Å². The van der Waals surface area contributed by atoms with E-state index in [2.05, 4.69) is 30.4 Å². The number of aryl methyl sites for hydroxylation is 1. The lowest BCUT2D eigenvalue weighted by Gasteiger charge is -2.42. The number of hydrogen-bond donors (Lipinski definition) is 1. The van der Waals surface area contributed by atoms with E-state index < -0.39 is 0 Å². The van der Waals surface area contributed by atoms with E-state index in [1.807, 2.05) is 0 Å². The van der Waals surface area contributed by atoms with Crippen molar-refractivity contribution in [3.05, 3.63) is 29.3 Å². The largest absolute Gasteiger partial charge is 0.496 e. The predicted octanol–water partition coefficient (Wildman–Crippen LogP) is 3.76. The van der Waals surface area contributed by atoms with Crippen molar-refractivity contribution in [1.82, 2.24) is 5.32 Å². The van der Waals surface area contributed by atoms with Crippen LogP contribution in [-0.2, 0) is 4.74 Å². The van der Waals surface area contributed by atoms with Crippen LogP contribution in [0.4, 0.5) is 0 Å². The van der Waals surface area contributed by atoms with Crippen LogP contribution in [0, 0.1) is 6.92 Å². The molecule has 1 aromatic carbocycles. The number of rotatable bonds is 2. The van der Waals surface area contributed by atoms with Crippen LogP contribution < -0.4 is 10.1 Å². The molecule has 1 aliphatic carbocycles. The van der Waals surface area contributed by atoms with E-state index in [9.17, 15) is 0 Å². The molecule has 1 heterocycles. The quantitative estimate of drug-likeness (QED) is 0.899. The fourth-order valence-electron chi connectivity index (χ4n) is 3.76. The van der Waals surface area contributed by atoms with Crippen LogP contribution in [0.25, 0.3) is 0 Å². The highest BCUT2D eigenvalue weighted by molar-refractivity contribution is 5.39. The Morgan fingerprint density at radius 2 is 1.95 bits per heavy atom. The Morgan fingerprint density at radius 3 is 2.67 bits per heavy atom. The molecule has 1 spiro atoms. The molecule has 116 valence electrons. The van der Waals surface area contributed by atoms with Gasteiger partial charge in [-0.1, -0.05) is 37.3 Å². The van der Waals surface area contributed by atoms with Gasteiger partial charge in [0.2, 0.25) is 0 Å². The van der Waals surface area contributed by atoms with Gasteiger partial charge >= 0.3 is 0 Å². The topological polar surface area (TPSA) is 30.5 Å². The highest BCUT2D eigenvalue weighted by Crippen LogP contribution is 2.39. The first-order chi connectivity index (χ1) is 10.2. The van der Waals surface area contributed by atoms with Crippen molar-refractivity contribution in [2.45, 2.75) is 57.2 Å². The van der Waals surface area contributed by atoms with Crippen LogP contribution >= 0.6 is 0 Å². The fraction of sp³-hybridized carbons (Fsp3) is 0.667. The molecule has 1 saturated carbocycles. The van der Waals surface area contributed by atoms with E-state index in [0.717, 1.165) is 18.8 Å². The molecule has 3 nitrogen and oxygen atoms in total. The molecule has 1 unspecified atom stereocenters. The monoisotopic (exact) mass is 289 g/mol. The number of benzene rings is 1. The van der Waals surface area contributed by atoms with Gasteiger partial charge in [-0.15, -0.1) is 0 Å². The molecule has 2 aliphatic rings. The lowest BCUT2D eigenvalue weighted by Crippen LogP contribution is -2.50. The lowest BCUT2D eigenvalue weighted by atomic mass is 9.91. The normalized spacial score (nSPS) is 25.5. The third-order valence-electron chi connectivity index (χ3n) is 4.92. The van der Waals surface area contributed by atoms with Gasteiger partial charge < -0.3 is 14.8 Å². The SMILES string of the molecule is COc1ccc(C)cc1C1CNCC2(CCCCCC2)O1. The Bertz CT molecular complexity index is 478. The second-order valence-electron chi connectivity index (χ2n) is 6.58.